The molecule has 1 aliphatic rings. The van der Waals surface area contributed by atoms with Gasteiger partial charge in [-0.25, -0.2) is 8.42 Å². The Kier molecular flexibility index (Phi) is 11.3. The van der Waals surface area contributed by atoms with Crippen molar-refractivity contribution in [2.24, 2.45) is 0 Å². The van der Waals surface area contributed by atoms with Gasteiger partial charge in [0.1, 0.15) is 18.3 Å². The monoisotopic (exact) mass is 653 g/mol. The molecule has 1 atom stereocenters. The maximum Gasteiger partial charge on any atom is 0.264 e. The molecule has 1 N–H and O–H groups in total. The molecule has 0 spiro atoms. The first-order valence-electron chi connectivity index (χ1n) is 16.2. The molecule has 0 aromatic heterocycles. The van der Waals surface area contributed by atoms with Crippen LogP contribution in [-0.4, -0.2) is 50.4 Å². The van der Waals surface area contributed by atoms with Gasteiger partial charge in [0, 0.05) is 19.0 Å². The third kappa shape index (κ3) is 8.80. The van der Waals surface area contributed by atoms with E-state index >= 15 is 0 Å². The molecule has 246 valence electrons. The van der Waals surface area contributed by atoms with Crippen LogP contribution in [0.3, 0.4) is 0 Å². The van der Waals surface area contributed by atoms with Crippen molar-refractivity contribution in [3.63, 3.8) is 0 Å². The minimum absolute atomic E-state index is 0.0301. The number of aryl methyl sites for hydroxylation is 1. The zero-order valence-corrected chi connectivity index (χ0v) is 27.9. The molecule has 2 amide bonds. The lowest BCUT2D eigenvalue weighted by molar-refractivity contribution is -0.140. The number of carbonyl (C=O) groups excluding carboxylic acids is 2. The third-order valence-corrected chi connectivity index (χ3v) is 10.3. The maximum absolute atomic E-state index is 14.6. The van der Waals surface area contributed by atoms with Gasteiger partial charge in [0.25, 0.3) is 10.0 Å². The van der Waals surface area contributed by atoms with E-state index in [-0.39, 0.29) is 29.8 Å². The number of rotatable bonds is 14. The molecular formula is C38H43N3O5S. The number of sulfonamides is 1. The number of benzene rings is 4. The average Bonchev–Trinajstić information content (AvgIpc) is 3.60. The van der Waals surface area contributed by atoms with Crippen LogP contribution in [0.4, 0.5) is 5.69 Å². The number of ether oxygens (including phenoxy) is 1. The molecule has 0 aliphatic heterocycles. The van der Waals surface area contributed by atoms with Crippen LogP contribution in [0.15, 0.2) is 114 Å². The van der Waals surface area contributed by atoms with Gasteiger partial charge in [0.15, 0.2) is 0 Å². The Labute approximate surface area is 278 Å². The van der Waals surface area contributed by atoms with E-state index in [1.165, 1.54) is 12.1 Å². The average molecular weight is 654 g/mol. The Balaban J connectivity index is 1.53. The second-order valence-electron chi connectivity index (χ2n) is 12.0. The van der Waals surface area contributed by atoms with Crippen molar-refractivity contribution in [3.8, 4) is 5.75 Å². The van der Waals surface area contributed by atoms with Crippen LogP contribution in [0.25, 0.3) is 0 Å². The number of para-hydroxylation sites is 1. The molecule has 0 heterocycles. The van der Waals surface area contributed by atoms with Gasteiger partial charge in [-0.2, -0.15) is 0 Å². The molecule has 0 radical (unpaired) electrons. The summed E-state index contributed by atoms with van der Waals surface area (Å²) < 4.78 is 35.1. The smallest absolute Gasteiger partial charge is 0.264 e. The lowest BCUT2D eigenvalue weighted by atomic mass is 10.0. The summed E-state index contributed by atoms with van der Waals surface area (Å²) in [7, 11) is -4.19. The van der Waals surface area contributed by atoms with Gasteiger partial charge < -0.3 is 15.0 Å². The quantitative estimate of drug-likeness (QED) is 0.173. The van der Waals surface area contributed by atoms with Crippen LogP contribution in [0.1, 0.15) is 49.3 Å². The van der Waals surface area contributed by atoms with Crippen LogP contribution >= 0.6 is 0 Å². The molecule has 0 bridgehead atoms. The lowest BCUT2D eigenvalue weighted by Crippen LogP contribution is -2.54. The fraction of sp³-hybridized carbons (Fsp3) is 0.316. The minimum Gasteiger partial charge on any atom is -0.494 e. The highest BCUT2D eigenvalue weighted by Gasteiger charge is 2.35. The number of anilines is 1. The Morgan fingerprint density at radius 1 is 0.830 bits per heavy atom. The van der Waals surface area contributed by atoms with E-state index in [1.807, 2.05) is 68.4 Å². The van der Waals surface area contributed by atoms with Crippen molar-refractivity contribution in [3.05, 3.63) is 126 Å². The molecule has 5 rings (SSSR count). The number of hydrogen-bond donors (Lipinski definition) is 1. The fourth-order valence-corrected chi connectivity index (χ4v) is 7.35. The van der Waals surface area contributed by atoms with Crippen LogP contribution in [0, 0.1) is 6.92 Å². The second-order valence-corrected chi connectivity index (χ2v) is 13.8. The predicted molar refractivity (Wildman–Crippen MR) is 185 cm³/mol. The fourth-order valence-electron chi connectivity index (χ4n) is 5.94. The number of carbonyl (C=O) groups is 2. The van der Waals surface area contributed by atoms with Crippen LogP contribution in [0.2, 0.25) is 0 Å². The van der Waals surface area contributed by atoms with Crippen molar-refractivity contribution >= 4 is 27.5 Å². The van der Waals surface area contributed by atoms with E-state index in [1.54, 1.807) is 47.4 Å². The molecular weight excluding hydrogens is 611 g/mol. The summed E-state index contributed by atoms with van der Waals surface area (Å²) in [5.41, 5.74) is 3.17. The zero-order chi connectivity index (χ0) is 33.2. The van der Waals surface area contributed by atoms with E-state index in [0.29, 0.717) is 18.0 Å². The van der Waals surface area contributed by atoms with Crippen LogP contribution < -0.4 is 14.4 Å². The summed E-state index contributed by atoms with van der Waals surface area (Å²) >= 11 is 0. The van der Waals surface area contributed by atoms with E-state index in [2.05, 4.69) is 5.32 Å². The minimum atomic E-state index is -4.19. The first-order valence-corrected chi connectivity index (χ1v) is 17.7. The highest BCUT2D eigenvalue weighted by atomic mass is 32.2. The Bertz CT molecular complexity index is 1710. The standard InChI is InChI=1S/C38H43N3O5S/c1-3-46-34-22-24-35(25-23-34)47(44,45)41(33-16-8-5-9-17-33)28-37(42)40(27-31-20-18-29(2)19-21-31)36(26-30-12-6-4-7-13-30)38(43)39-32-14-10-11-15-32/h4-9,12-13,16-25,32,36H,3,10-11,14-15,26-28H2,1-2H3,(H,39,43)/t36-/m1/s1. The predicted octanol–water partition coefficient (Wildman–Crippen LogP) is 6.29. The Hall–Kier alpha value is -4.63. The van der Waals surface area contributed by atoms with Gasteiger partial charge in [-0.3, -0.25) is 13.9 Å². The molecule has 9 heteroatoms. The van der Waals surface area contributed by atoms with Crippen molar-refractivity contribution < 1.29 is 22.7 Å². The Morgan fingerprint density at radius 3 is 2.06 bits per heavy atom. The molecule has 8 nitrogen and oxygen atoms in total. The molecule has 1 saturated carbocycles. The first-order chi connectivity index (χ1) is 22.7. The highest BCUT2D eigenvalue weighted by Crippen LogP contribution is 2.27. The molecule has 4 aromatic rings. The zero-order valence-electron chi connectivity index (χ0n) is 27.0. The number of amides is 2. The van der Waals surface area contributed by atoms with Crippen molar-refractivity contribution in [1.82, 2.24) is 10.2 Å². The van der Waals surface area contributed by atoms with E-state index in [9.17, 15) is 18.0 Å². The SMILES string of the molecule is CCOc1ccc(S(=O)(=O)N(CC(=O)N(Cc2ccc(C)cc2)[C@H](Cc2ccccc2)C(=O)NC2CCCC2)c2ccccc2)cc1. The second kappa shape index (κ2) is 15.8. The first kappa shape index (κ1) is 33.7. The molecule has 0 saturated heterocycles. The normalized spacial score (nSPS) is 13.9. The summed E-state index contributed by atoms with van der Waals surface area (Å²) in [4.78, 5) is 30.3. The van der Waals surface area contributed by atoms with Crippen molar-refractivity contribution in [2.45, 2.75) is 69.5 Å². The topological polar surface area (TPSA) is 96.0 Å². The summed E-state index contributed by atoms with van der Waals surface area (Å²) in [6, 6.07) is 31.4. The third-order valence-electron chi connectivity index (χ3n) is 8.49. The van der Waals surface area contributed by atoms with Crippen molar-refractivity contribution in [1.29, 1.82) is 0 Å². The van der Waals surface area contributed by atoms with Gasteiger partial charge in [0.2, 0.25) is 11.8 Å². The lowest BCUT2D eigenvalue weighted by Gasteiger charge is -2.34. The molecule has 4 aromatic carbocycles. The summed E-state index contributed by atoms with van der Waals surface area (Å²) in [5.74, 6) is -0.164. The number of hydrogen-bond acceptors (Lipinski definition) is 5. The van der Waals surface area contributed by atoms with Gasteiger partial charge in [-0.05, 0) is 74.2 Å². The molecule has 1 fully saturated rings. The highest BCUT2D eigenvalue weighted by molar-refractivity contribution is 7.92. The maximum atomic E-state index is 14.6. The van der Waals surface area contributed by atoms with Crippen LogP contribution in [0.5, 0.6) is 5.75 Å². The number of nitrogens with one attached hydrogen (secondary N) is 1. The van der Waals surface area contributed by atoms with E-state index < -0.39 is 28.5 Å². The van der Waals surface area contributed by atoms with Crippen molar-refractivity contribution in [2.75, 3.05) is 17.5 Å². The van der Waals surface area contributed by atoms with Gasteiger partial charge >= 0.3 is 0 Å². The molecule has 47 heavy (non-hydrogen) atoms. The molecule has 0 unspecified atom stereocenters. The molecule has 1 aliphatic carbocycles. The summed E-state index contributed by atoms with van der Waals surface area (Å²) in [6.45, 7) is 3.94. The van der Waals surface area contributed by atoms with Gasteiger partial charge in [-0.15, -0.1) is 0 Å². The Morgan fingerprint density at radius 2 is 1.45 bits per heavy atom. The van der Waals surface area contributed by atoms with Gasteiger partial charge in [-0.1, -0.05) is 91.2 Å². The number of nitrogens with zero attached hydrogens (tertiary/aromatic N) is 2. The largest absolute Gasteiger partial charge is 0.494 e. The summed E-state index contributed by atoms with van der Waals surface area (Å²) in [5, 5.41) is 3.21. The van der Waals surface area contributed by atoms with E-state index in [4.69, 9.17) is 4.74 Å². The van der Waals surface area contributed by atoms with Crippen LogP contribution in [-0.2, 0) is 32.6 Å². The van der Waals surface area contributed by atoms with Gasteiger partial charge in [0.05, 0.1) is 17.2 Å². The summed E-state index contributed by atoms with van der Waals surface area (Å²) in [6.07, 6.45) is 4.19. The van der Waals surface area contributed by atoms with E-state index in [0.717, 1.165) is 46.7 Å².